The van der Waals surface area contributed by atoms with Crippen molar-refractivity contribution >= 4 is 17.1 Å². The molecule has 0 bridgehead atoms. The Morgan fingerprint density at radius 2 is 1.86 bits per heavy atom. The van der Waals surface area contributed by atoms with E-state index in [0.29, 0.717) is 17.0 Å². The summed E-state index contributed by atoms with van der Waals surface area (Å²) in [4.78, 5) is 8.60. The first-order valence-electron chi connectivity index (χ1n) is 10.9. The van der Waals surface area contributed by atoms with Crippen LogP contribution in [-0.4, -0.2) is 33.1 Å². The van der Waals surface area contributed by atoms with Gasteiger partial charge in [-0.1, -0.05) is 18.7 Å². The van der Waals surface area contributed by atoms with Gasteiger partial charge in [0, 0.05) is 23.6 Å². The lowest BCUT2D eigenvalue weighted by molar-refractivity contribution is -0.137. The second kappa shape index (κ2) is 10.3. The van der Waals surface area contributed by atoms with Crippen molar-refractivity contribution in [3.8, 4) is 11.4 Å². The maximum absolute atomic E-state index is 12.8. The van der Waals surface area contributed by atoms with E-state index in [1.165, 1.54) is 32.1 Å². The molecule has 0 fully saturated rings. The second-order valence-electron chi connectivity index (χ2n) is 8.61. The fraction of sp³-hybridized carbons (Fsp3) is 0.231. The lowest BCUT2D eigenvalue weighted by Gasteiger charge is -2.20. The average Bonchev–Trinajstić information content (AvgIpc) is 3.23. The standard InChI is InChI=1S/C26H28F3N5O2/c1-16-14-34(15-31-16)22-11-10-20(12-23(22)36-5)32-17(2)33-24(25(3,4)35)13-21(30)18-6-8-19(9-7-18)26(27,28)29/h6-15,32,35H,2,30H2,1,3-5H3/b21-13-,33-24+. The van der Waals surface area contributed by atoms with Crippen molar-refractivity contribution in [2.75, 3.05) is 12.4 Å². The first kappa shape index (κ1) is 26.6. The third kappa shape index (κ3) is 6.54. The Morgan fingerprint density at radius 3 is 2.39 bits per heavy atom. The fourth-order valence-electron chi connectivity index (χ4n) is 3.29. The van der Waals surface area contributed by atoms with Crippen molar-refractivity contribution in [1.29, 1.82) is 0 Å². The molecule has 0 atom stereocenters. The van der Waals surface area contributed by atoms with E-state index in [2.05, 4.69) is 21.9 Å². The third-order valence-corrected chi connectivity index (χ3v) is 5.18. The number of benzene rings is 2. The molecule has 0 aliphatic carbocycles. The van der Waals surface area contributed by atoms with Gasteiger partial charge in [-0.15, -0.1) is 0 Å². The highest BCUT2D eigenvalue weighted by molar-refractivity contribution is 6.06. The minimum absolute atomic E-state index is 0.138. The maximum Gasteiger partial charge on any atom is 0.416 e. The molecule has 4 N–H and O–H groups in total. The van der Waals surface area contributed by atoms with E-state index in [-0.39, 0.29) is 17.2 Å². The summed E-state index contributed by atoms with van der Waals surface area (Å²) in [6.07, 6.45) is 0.517. The minimum Gasteiger partial charge on any atom is -0.494 e. The Morgan fingerprint density at radius 1 is 1.19 bits per heavy atom. The number of halogens is 3. The molecule has 190 valence electrons. The Balaban J connectivity index is 1.85. The van der Waals surface area contributed by atoms with E-state index in [9.17, 15) is 18.3 Å². The quantitative estimate of drug-likeness (QED) is 0.365. The van der Waals surface area contributed by atoms with E-state index in [1.807, 2.05) is 29.8 Å². The van der Waals surface area contributed by atoms with Crippen LogP contribution in [0.4, 0.5) is 18.9 Å². The molecule has 2 aromatic carbocycles. The molecule has 0 saturated carbocycles. The van der Waals surface area contributed by atoms with Crippen LogP contribution in [0.25, 0.3) is 11.4 Å². The lowest BCUT2D eigenvalue weighted by atomic mass is 9.99. The van der Waals surface area contributed by atoms with Gasteiger partial charge in [0.15, 0.2) is 0 Å². The molecule has 1 aromatic heterocycles. The van der Waals surface area contributed by atoms with Gasteiger partial charge in [0.1, 0.15) is 17.2 Å². The van der Waals surface area contributed by atoms with Crippen LogP contribution in [0, 0.1) is 6.92 Å². The number of aromatic nitrogens is 2. The SMILES string of the molecule is C=C(/N=C(\C=C(/N)c1ccc(C(F)(F)F)cc1)C(C)(C)O)Nc1ccc(-n2cnc(C)c2)c(OC)c1. The number of hydrogen-bond acceptors (Lipinski definition) is 6. The van der Waals surface area contributed by atoms with Gasteiger partial charge in [0.25, 0.3) is 0 Å². The molecule has 10 heteroatoms. The monoisotopic (exact) mass is 499 g/mol. The number of methoxy groups -OCH3 is 1. The van der Waals surface area contributed by atoms with Crippen LogP contribution in [0.5, 0.6) is 5.75 Å². The van der Waals surface area contributed by atoms with Gasteiger partial charge in [-0.25, -0.2) is 9.98 Å². The molecular weight excluding hydrogens is 471 g/mol. The number of imidazole rings is 1. The number of ether oxygens (including phenoxy) is 1. The Bertz CT molecular complexity index is 1300. The number of hydrogen-bond donors (Lipinski definition) is 3. The van der Waals surface area contributed by atoms with Crippen LogP contribution in [-0.2, 0) is 6.18 Å². The molecule has 0 radical (unpaired) electrons. The van der Waals surface area contributed by atoms with Gasteiger partial charge < -0.3 is 25.5 Å². The number of aryl methyl sites for hydroxylation is 1. The molecule has 0 saturated heterocycles. The number of aliphatic imine (C=N–C) groups is 1. The molecule has 0 aliphatic heterocycles. The molecular formula is C26H28F3N5O2. The Hall–Kier alpha value is -4.05. The molecule has 0 spiro atoms. The van der Waals surface area contributed by atoms with Crippen LogP contribution in [0.2, 0.25) is 0 Å². The van der Waals surface area contributed by atoms with E-state index < -0.39 is 17.3 Å². The minimum atomic E-state index is -4.45. The van der Waals surface area contributed by atoms with Crippen molar-refractivity contribution in [2.24, 2.45) is 10.7 Å². The van der Waals surface area contributed by atoms with Gasteiger partial charge in [-0.2, -0.15) is 13.2 Å². The summed E-state index contributed by atoms with van der Waals surface area (Å²) < 4.78 is 45.9. The summed E-state index contributed by atoms with van der Waals surface area (Å²) >= 11 is 0. The number of nitrogens with zero attached hydrogens (tertiary/aromatic N) is 3. The Labute approximate surface area is 207 Å². The van der Waals surface area contributed by atoms with Crippen molar-refractivity contribution in [2.45, 2.75) is 32.5 Å². The van der Waals surface area contributed by atoms with E-state index in [4.69, 9.17) is 10.5 Å². The van der Waals surface area contributed by atoms with Gasteiger partial charge >= 0.3 is 6.18 Å². The second-order valence-corrected chi connectivity index (χ2v) is 8.61. The summed E-state index contributed by atoms with van der Waals surface area (Å²) in [5.74, 6) is 0.792. The van der Waals surface area contributed by atoms with Gasteiger partial charge in [-0.3, -0.25) is 0 Å². The first-order valence-corrected chi connectivity index (χ1v) is 10.9. The van der Waals surface area contributed by atoms with Crippen molar-refractivity contribution in [3.05, 3.63) is 90.3 Å². The largest absolute Gasteiger partial charge is 0.494 e. The van der Waals surface area contributed by atoms with E-state index in [0.717, 1.165) is 23.5 Å². The van der Waals surface area contributed by atoms with E-state index >= 15 is 0 Å². The zero-order valence-corrected chi connectivity index (χ0v) is 20.4. The molecule has 0 unspecified atom stereocenters. The number of nitrogens with one attached hydrogen (secondary N) is 1. The van der Waals surface area contributed by atoms with Gasteiger partial charge in [-0.05, 0) is 56.7 Å². The normalized spacial score (nSPS) is 13.0. The smallest absolute Gasteiger partial charge is 0.416 e. The highest BCUT2D eigenvalue weighted by atomic mass is 19.4. The van der Waals surface area contributed by atoms with Crippen LogP contribution >= 0.6 is 0 Å². The topological polar surface area (TPSA) is 97.7 Å². The molecule has 0 aliphatic rings. The number of anilines is 1. The highest BCUT2D eigenvalue weighted by Crippen LogP contribution is 2.30. The number of nitrogens with two attached hydrogens (primary N) is 1. The van der Waals surface area contributed by atoms with Crippen LogP contribution in [0.15, 0.2) is 78.5 Å². The maximum atomic E-state index is 12.8. The van der Waals surface area contributed by atoms with Crippen LogP contribution in [0.3, 0.4) is 0 Å². The first-order chi connectivity index (χ1) is 16.8. The zero-order valence-electron chi connectivity index (χ0n) is 20.4. The molecule has 1 heterocycles. The molecule has 0 amide bonds. The summed E-state index contributed by atoms with van der Waals surface area (Å²) in [5, 5.41) is 13.7. The molecule has 7 nitrogen and oxygen atoms in total. The summed E-state index contributed by atoms with van der Waals surface area (Å²) in [7, 11) is 1.56. The number of alkyl halides is 3. The van der Waals surface area contributed by atoms with Gasteiger partial charge in [0.2, 0.25) is 0 Å². The molecule has 36 heavy (non-hydrogen) atoms. The predicted molar refractivity (Wildman–Crippen MR) is 135 cm³/mol. The van der Waals surface area contributed by atoms with Gasteiger partial charge in [0.05, 0.1) is 36.1 Å². The highest BCUT2D eigenvalue weighted by Gasteiger charge is 2.30. The lowest BCUT2D eigenvalue weighted by Crippen LogP contribution is -2.30. The summed E-state index contributed by atoms with van der Waals surface area (Å²) in [6.45, 7) is 8.82. The summed E-state index contributed by atoms with van der Waals surface area (Å²) in [6, 6.07) is 9.84. The Kier molecular flexibility index (Phi) is 7.59. The van der Waals surface area contributed by atoms with E-state index in [1.54, 1.807) is 19.5 Å². The van der Waals surface area contributed by atoms with Crippen LogP contribution in [0.1, 0.15) is 30.7 Å². The average molecular weight is 500 g/mol. The molecule has 3 aromatic rings. The van der Waals surface area contributed by atoms with Crippen LogP contribution < -0.4 is 15.8 Å². The third-order valence-electron chi connectivity index (χ3n) is 5.18. The summed E-state index contributed by atoms with van der Waals surface area (Å²) in [5.41, 5.74) is 6.86. The van der Waals surface area contributed by atoms with Crippen molar-refractivity contribution in [1.82, 2.24) is 9.55 Å². The predicted octanol–water partition coefficient (Wildman–Crippen LogP) is 5.30. The van der Waals surface area contributed by atoms with Crippen molar-refractivity contribution < 1.29 is 23.0 Å². The number of rotatable bonds is 8. The molecule has 3 rings (SSSR count). The van der Waals surface area contributed by atoms with Crippen molar-refractivity contribution in [3.63, 3.8) is 0 Å². The fourth-order valence-corrected chi connectivity index (χ4v) is 3.29. The zero-order chi connectivity index (χ0) is 26.7. The number of aliphatic hydroxyl groups is 1.